The molecule has 0 aliphatic carbocycles. The third-order valence-electron chi connectivity index (χ3n) is 3.68. The van der Waals surface area contributed by atoms with Gasteiger partial charge in [0.15, 0.2) is 0 Å². The van der Waals surface area contributed by atoms with Crippen molar-refractivity contribution in [3.63, 3.8) is 0 Å². The zero-order valence-electron chi connectivity index (χ0n) is 14.7. The molecule has 142 valence electrons. The predicted molar refractivity (Wildman–Crippen MR) is 104 cm³/mol. The van der Waals surface area contributed by atoms with E-state index in [-0.39, 0.29) is 17.9 Å². The molecule has 0 spiro atoms. The Morgan fingerprint density at radius 3 is 2.48 bits per heavy atom. The lowest BCUT2D eigenvalue weighted by Gasteiger charge is -2.17. The number of rotatable bonds is 6. The molecule has 0 fully saturated rings. The highest BCUT2D eigenvalue weighted by Crippen LogP contribution is 2.22. The Labute approximate surface area is 166 Å². The summed E-state index contributed by atoms with van der Waals surface area (Å²) in [4.78, 5) is 35.8. The minimum Gasteiger partial charge on any atom is -0.467 e. The molecular weight excluding hydrogens is 391 g/mol. The van der Waals surface area contributed by atoms with E-state index in [1.165, 1.54) is 20.1 Å². The number of nitrogens with one attached hydrogen (secondary N) is 2. The largest absolute Gasteiger partial charge is 0.467 e. The van der Waals surface area contributed by atoms with E-state index in [9.17, 15) is 14.4 Å². The van der Waals surface area contributed by atoms with Crippen LogP contribution in [0, 0.1) is 0 Å². The summed E-state index contributed by atoms with van der Waals surface area (Å²) in [6.07, 6.45) is 0.139. The van der Waals surface area contributed by atoms with Crippen molar-refractivity contribution in [2.75, 3.05) is 12.4 Å². The van der Waals surface area contributed by atoms with Crippen LogP contribution in [0.3, 0.4) is 0 Å². The van der Waals surface area contributed by atoms with Crippen molar-refractivity contribution in [2.45, 2.75) is 19.4 Å². The van der Waals surface area contributed by atoms with Crippen LogP contribution in [0.2, 0.25) is 10.0 Å². The molecule has 2 amide bonds. The molecule has 2 N–H and O–H groups in total. The Kier molecular flexibility index (Phi) is 7.21. The standard InChI is InChI=1S/C19H18Cl2N2O4/c1-11(24)22-15-5-3-4-13(8-15)18(25)23-17(19(26)27-2)9-12-6-7-14(20)10-16(12)21/h3-8,10,17H,9H2,1-2H3,(H,22,24)(H,23,25)/t17-/m1/s1. The maximum Gasteiger partial charge on any atom is 0.328 e. The van der Waals surface area contributed by atoms with Crippen molar-refractivity contribution < 1.29 is 19.1 Å². The van der Waals surface area contributed by atoms with Crippen LogP contribution in [0.1, 0.15) is 22.8 Å². The number of carbonyl (C=O) groups excluding carboxylic acids is 3. The monoisotopic (exact) mass is 408 g/mol. The molecule has 0 radical (unpaired) electrons. The highest BCUT2D eigenvalue weighted by Gasteiger charge is 2.23. The van der Waals surface area contributed by atoms with Crippen molar-refractivity contribution in [1.82, 2.24) is 5.32 Å². The molecule has 0 bridgehead atoms. The van der Waals surface area contributed by atoms with Crippen molar-refractivity contribution >= 4 is 46.7 Å². The number of benzene rings is 2. The number of methoxy groups -OCH3 is 1. The molecule has 0 saturated heterocycles. The second-order valence-electron chi connectivity index (χ2n) is 5.75. The van der Waals surface area contributed by atoms with Crippen molar-refractivity contribution in [3.05, 3.63) is 63.6 Å². The van der Waals surface area contributed by atoms with Gasteiger partial charge in [0.25, 0.3) is 5.91 Å². The predicted octanol–water partition coefficient (Wildman–Crippen LogP) is 3.47. The molecule has 27 heavy (non-hydrogen) atoms. The van der Waals surface area contributed by atoms with E-state index in [2.05, 4.69) is 10.6 Å². The summed E-state index contributed by atoms with van der Waals surface area (Å²) in [5.41, 5.74) is 1.41. The van der Waals surface area contributed by atoms with E-state index >= 15 is 0 Å². The summed E-state index contributed by atoms with van der Waals surface area (Å²) in [5.74, 6) is -1.34. The van der Waals surface area contributed by atoms with Gasteiger partial charge in [-0.3, -0.25) is 9.59 Å². The molecule has 0 aliphatic rings. The maximum absolute atomic E-state index is 12.6. The van der Waals surface area contributed by atoms with Gasteiger partial charge >= 0.3 is 5.97 Å². The third-order valence-corrected chi connectivity index (χ3v) is 4.26. The van der Waals surface area contributed by atoms with Crippen LogP contribution in [0.4, 0.5) is 5.69 Å². The van der Waals surface area contributed by atoms with Crippen LogP contribution in [-0.4, -0.2) is 30.9 Å². The number of hydrogen-bond donors (Lipinski definition) is 2. The minimum atomic E-state index is -0.939. The summed E-state index contributed by atoms with van der Waals surface area (Å²) >= 11 is 12.0. The first kappa shape index (κ1) is 20.7. The first-order chi connectivity index (χ1) is 12.8. The first-order valence-electron chi connectivity index (χ1n) is 8.00. The van der Waals surface area contributed by atoms with Crippen LogP contribution in [0.25, 0.3) is 0 Å². The molecule has 6 nitrogen and oxygen atoms in total. The number of esters is 1. The Hall–Kier alpha value is -2.57. The lowest BCUT2D eigenvalue weighted by molar-refractivity contribution is -0.142. The topological polar surface area (TPSA) is 84.5 Å². The molecule has 0 unspecified atom stereocenters. The number of hydrogen-bond acceptors (Lipinski definition) is 4. The second kappa shape index (κ2) is 9.39. The lowest BCUT2D eigenvalue weighted by atomic mass is 10.0. The summed E-state index contributed by atoms with van der Waals surface area (Å²) in [6, 6.07) is 10.3. The Morgan fingerprint density at radius 2 is 1.85 bits per heavy atom. The first-order valence-corrected chi connectivity index (χ1v) is 8.76. The van der Waals surface area contributed by atoms with Gasteiger partial charge in [-0.05, 0) is 35.9 Å². The number of anilines is 1. The minimum absolute atomic E-state index is 0.139. The van der Waals surface area contributed by atoms with Crippen LogP contribution < -0.4 is 10.6 Å². The molecular formula is C19H18Cl2N2O4. The third kappa shape index (κ3) is 5.98. The number of halogens is 2. The van der Waals surface area contributed by atoms with Crippen LogP contribution >= 0.6 is 23.2 Å². The van der Waals surface area contributed by atoms with Crippen LogP contribution in [0.5, 0.6) is 0 Å². The van der Waals surface area contributed by atoms with Gasteiger partial charge in [-0.15, -0.1) is 0 Å². The molecule has 1 atom stereocenters. The lowest BCUT2D eigenvalue weighted by Crippen LogP contribution is -2.43. The van der Waals surface area contributed by atoms with E-state index in [1.807, 2.05) is 0 Å². The Bertz CT molecular complexity index is 871. The zero-order chi connectivity index (χ0) is 20.0. The van der Waals surface area contributed by atoms with Gasteiger partial charge in [-0.25, -0.2) is 4.79 Å². The zero-order valence-corrected chi connectivity index (χ0v) is 16.2. The van der Waals surface area contributed by atoms with Gasteiger partial charge in [0.05, 0.1) is 7.11 Å². The quantitative estimate of drug-likeness (QED) is 0.716. The van der Waals surface area contributed by atoms with E-state index in [0.29, 0.717) is 21.3 Å². The normalized spacial score (nSPS) is 11.4. The summed E-state index contributed by atoms with van der Waals surface area (Å²) < 4.78 is 4.78. The van der Waals surface area contributed by atoms with Gasteiger partial charge in [-0.2, -0.15) is 0 Å². The van der Waals surface area contributed by atoms with E-state index in [0.717, 1.165) is 0 Å². The fraction of sp³-hybridized carbons (Fsp3) is 0.211. The smallest absolute Gasteiger partial charge is 0.328 e. The molecule has 8 heteroatoms. The van der Waals surface area contributed by atoms with Gasteiger partial charge in [0.1, 0.15) is 6.04 Å². The van der Waals surface area contributed by atoms with Gasteiger partial charge in [-0.1, -0.05) is 35.3 Å². The number of carbonyl (C=O) groups is 3. The number of amides is 2. The molecule has 0 aliphatic heterocycles. The molecule has 2 rings (SSSR count). The van der Waals surface area contributed by atoms with Crippen LogP contribution in [0.15, 0.2) is 42.5 Å². The molecule has 0 saturated carbocycles. The number of ether oxygens (including phenoxy) is 1. The summed E-state index contributed by atoms with van der Waals surface area (Å²) in [7, 11) is 1.24. The van der Waals surface area contributed by atoms with Crippen molar-refractivity contribution in [3.8, 4) is 0 Å². The average molecular weight is 409 g/mol. The van der Waals surface area contributed by atoms with Crippen LogP contribution in [-0.2, 0) is 20.7 Å². The van der Waals surface area contributed by atoms with Gasteiger partial charge < -0.3 is 15.4 Å². The molecule has 2 aromatic rings. The molecule has 0 aromatic heterocycles. The van der Waals surface area contributed by atoms with Crippen molar-refractivity contribution in [1.29, 1.82) is 0 Å². The fourth-order valence-corrected chi connectivity index (χ4v) is 2.91. The summed E-state index contributed by atoms with van der Waals surface area (Å²) in [5, 5.41) is 6.09. The SMILES string of the molecule is COC(=O)[C@@H](Cc1ccc(Cl)cc1Cl)NC(=O)c1cccc(NC(C)=O)c1. The average Bonchev–Trinajstić information content (AvgIpc) is 2.62. The Morgan fingerprint density at radius 1 is 1.11 bits per heavy atom. The Balaban J connectivity index is 2.19. The highest BCUT2D eigenvalue weighted by atomic mass is 35.5. The highest BCUT2D eigenvalue weighted by molar-refractivity contribution is 6.35. The molecule has 0 heterocycles. The molecule has 2 aromatic carbocycles. The van der Waals surface area contributed by atoms with E-state index in [1.54, 1.807) is 36.4 Å². The van der Waals surface area contributed by atoms with Gasteiger partial charge in [0, 0.05) is 34.6 Å². The van der Waals surface area contributed by atoms with Gasteiger partial charge in [0.2, 0.25) is 5.91 Å². The maximum atomic E-state index is 12.6. The van der Waals surface area contributed by atoms with Crippen molar-refractivity contribution in [2.24, 2.45) is 0 Å². The fourth-order valence-electron chi connectivity index (χ4n) is 2.43. The summed E-state index contributed by atoms with van der Waals surface area (Å²) in [6.45, 7) is 1.37. The van der Waals surface area contributed by atoms with E-state index < -0.39 is 17.9 Å². The van der Waals surface area contributed by atoms with E-state index in [4.69, 9.17) is 27.9 Å². The second-order valence-corrected chi connectivity index (χ2v) is 6.59.